The number of fused-ring (bicyclic) bond motifs is 1. The Morgan fingerprint density at radius 2 is 2.14 bits per heavy atom. The number of nitrogens with two attached hydrogens (primary N) is 1. The lowest BCUT2D eigenvalue weighted by Gasteiger charge is -2.08. The lowest BCUT2D eigenvalue weighted by atomic mass is 10.3. The summed E-state index contributed by atoms with van der Waals surface area (Å²) in [7, 11) is 0. The molecule has 0 fully saturated rings. The molecule has 0 radical (unpaired) electrons. The molecule has 0 saturated carbocycles. The van der Waals surface area contributed by atoms with E-state index < -0.39 is 17.0 Å². The summed E-state index contributed by atoms with van der Waals surface area (Å²) in [6, 6.07) is 2.68. The Morgan fingerprint density at radius 1 is 1.36 bits per heavy atom. The molecule has 1 amide bonds. The van der Waals surface area contributed by atoms with Gasteiger partial charge in [0.05, 0.1) is 11.9 Å². The molecule has 3 aromatic heterocycles. The molecule has 6 nitrogen and oxygen atoms in total. The molecule has 22 heavy (non-hydrogen) atoms. The second kappa shape index (κ2) is 4.98. The maximum Gasteiger partial charge on any atom is 0.427 e. The minimum absolute atomic E-state index is 0.0339. The quantitative estimate of drug-likeness (QED) is 0.758. The van der Waals surface area contributed by atoms with Gasteiger partial charge in [0.2, 0.25) is 0 Å². The Bertz CT molecular complexity index is 854. The fourth-order valence-corrected chi connectivity index (χ4v) is 2.58. The first kappa shape index (κ1) is 14.3. The summed E-state index contributed by atoms with van der Waals surface area (Å²) in [6.45, 7) is 0. The van der Waals surface area contributed by atoms with Crippen LogP contribution in [0.4, 0.5) is 24.7 Å². The van der Waals surface area contributed by atoms with Crippen LogP contribution in [0.5, 0.6) is 0 Å². The van der Waals surface area contributed by atoms with Gasteiger partial charge in [0.1, 0.15) is 16.3 Å². The smallest absolute Gasteiger partial charge is 0.384 e. The number of hydrogen-bond donors (Lipinski definition) is 2. The van der Waals surface area contributed by atoms with Crippen molar-refractivity contribution < 1.29 is 18.0 Å². The van der Waals surface area contributed by atoms with Crippen LogP contribution >= 0.6 is 11.3 Å². The van der Waals surface area contributed by atoms with Crippen LogP contribution in [-0.4, -0.2) is 20.5 Å². The standard InChI is InChI=1S/C12H8F3N5OS/c13-12(14,15)9-7(2-4-22-9)18-11(21)6-5-17-20-3-1-8(16)19-10(6)20/h1-5H,(H2,16,19)(H,18,21). The number of carbonyl (C=O) groups excluding carboxylic acids is 1. The van der Waals surface area contributed by atoms with Crippen LogP contribution < -0.4 is 11.1 Å². The molecule has 0 aliphatic rings. The van der Waals surface area contributed by atoms with E-state index in [1.165, 1.54) is 34.4 Å². The average Bonchev–Trinajstić information content (AvgIpc) is 3.03. The summed E-state index contributed by atoms with van der Waals surface area (Å²) in [4.78, 5) is 15.3. The molecule has 0 bridgehead atoms. The molecular weight excluding hydrogens is 319 g/mol. The third kappa shape index (κ3) is 2.48. The number of anilines is 2. The van der Waals surface area contributed by atoms with Gasteiger partial charge in [-0.25, -0.2) is 9.50 Å². The van der Waals surface area contributed by atoms with Crippen molar-refractivity contribution in [3.05, 3.63) is 40.3 Å². The molecule has 0 aliphatic heterocycles. The van der Waals surface area contributed by atoms with Crippen LogP contribution in [-0.2, 0) is 6.18 Å². The van der Waals surface area contributed by atoms with Gasteiger partial charge in [-0.3, -0.25) is 4.79 Å². The number of hydrogen-bond acceptors (Lipinski definition) is 5. The Kier molecular flexibility index (Phi) is 3.24. The van der Waals surface area contributed by atoms with Crippen LogP contribution in [0.1, 0.15) is 15.2 Å². The Balaban J connectivity index is 1.95. The highest BCUT2D eigenvalue weighted by Crippen LogP contribution is 2.39. The van der Waals surface area contributed by atoms with Gasteiger partial charge < -0.3 is 11.1 Å². The molecule has 0 spiro atoms. The molecule has 3 N–H and O–H groups in total. The van der Waals surface area contributed by atoms with Crippen molar-refractivity contribution in [2.24, 2.45) is 0 Å². The Labute approximate surface area is 125 Å². The molecule has 3 aromatic rings. The van der Waals surface area contributed by atoms with Gasteiger partial charge in [-0.05, 0) is 17.5 Å². The van der Waals surface area contributed by atoms with E-state index in [0.29, 0.717) is 11.3 Å². The third-order valence-corrected chi connectivity index (χ3v) is 3.77. The molecule has 3 heterocycles. The number of alkyl halides is 3. The minimum Gasteiger partial charge on any atom is -0.384 e. The van der Waals surface area contributed by atoms with Crippen LogP contribution in [0.25, 0.3) is 5.65 Å². The highest BCUT2D eigenvalue weighted by atomic mass is 32.1. The van der Waals surface area contributed by atoms with Crippen molar-refractivity contribution in [3.8, 4) is 0 Å². The van der Waals surface area contributed by atoms with Gasteiger partial charge in [0.15, 0.2) is 5.65 Å². The van der Waals surface area contributed by atoms with Gasteiger partial charge >= 0.3 is 6.18 Å². The average molecular weight is 327 g/mol. The second-order valence-corrected chi connectivity index (χ2v) is 5.21. The van der Waals surface area contributed by atoms with E-state index in [1.807, 2.05) is 0 Å². The molecule has 0 aromatic carbocycles. The van der Waals surface area contributed by atoms with Gasteiger partial charge in [-0.2, -0.15) is 18.3 Å². The molecule has 0 unspecified atom stereocenters. The lowest BCUT2D eigenvalue weighted by Crippen LogP contribution is -2.15. The Hall–Kier alpha value is -2.62. The number of rotatable bonds is 2. The Morgan fingerprint density at radius 3 is 2.86 bits per heavy atom. The van der Waals surface area contributed by atoms with Gasteiger partial charge in [0, 0.05) is 6.20 Å². The first-order valence-corrected chi connectivity index (χ1v) is 6.80. The van der Waals surface area contributed by atoms with Crippen molar-refractivity contribution in [2.45, 2.75) is 6.18 Å². The number of thiophene rings is 1. The number of nitrogens with zero attached hydrogens (tertiary/aromatic N) is 3. The zero-order valence-corrected chi connectivity index (χ0v) is 11.6. The monoisotopic (exact) mass is 327 g/mol. The molecule has 0 aliphatic carbocycles. The minimum atomic E-state index is -4.53. The first-order valence-electron chi connectivity index (χ1n) is 5.92. The fourth-order valence-electron chi connectivity index (χ4n) is 1.86. The van der Waals surface area contributed by atoms with Crippen molar-refractivity contribution in [2.75, 3.05) is 11.1 Å². The SMILES string of the molecule is Nc1ccn2ncc(C(=O)Nc3ccsc3C(F)(F)F)c2n1. The van der Waals surface area contributed by atoms with E-state index in [0.717, 1.165) is 0 Å². The normalized spacial score (nSPS) is 11.8. The fraction of sp³-hybridized carbons (Fsp3) is 0.0833. The molecule has 114 valence electrons. The van der Waals surface area contributed by atoms with E-state index in [2.05, 4.69) is 15.4 Å². The summed E-state index contributed by atoms with van der Waals surface area (Å²) < 4.78 is 39.7. The maximum absolute atomic E-state index is 12.8. The number of nitrogen functional groups attached to an aromatic ring is 1. The summed E-state index contributed by atoms with van der Waals surface area (Å²) in [6.07, 6.45) is -1.81. The predicted molar refractivity (Wildman–Crippen MR) is 74.7 cm³/mol. The number of carbonyl (C=O) groups is 1. The van der Waals surface area contributed by atoms with Crippen LogP contribution in [0.2, 0.25) is 0 Å². The van der Waals surface area contributed by atoms with E-state index >= 15 is 0 Å². The molecule has 0 saturated heterocycles. The summed E-state index contributed by atoms with van der Waals surface area (Å²) in [5.74, 6) is -0.564. The molecular formula is C12H8F3N5OS. The molecule has 0 atom stereocenters. The van der Waals surface area contributed by atoms with Crippen molar-refractivity contribution in [3.63, 3.8) is 0 Å². The van der Waals surface area contributed by atoms with E-state index in [9.17, 15) is 18.0 Å². The van der Waals surface area contributed by atoms with Crippen LogP contribution in [0, 0.1) is 0 Å². The van der Waals surface area contributed by atoms with E-state index in [1.54, 1.807) is 0 Å². The second-order valence-electron chi connectivity index (χ2n) is 4.29. The first-order chi connectivity index (χ1) is 10.4. The van der Waals surface area contributed by atoms with Crippen molar-refractivity contribution in [1.29, 1.82) is 0 Å². The third-order valence-electron chi connectivity index (χ3n) is 2.81. The largest absolute Gasteiger partial charge is 0.427 e. The molecule has 10 heteroatoms. The highest BCUT2D eigenvalue weighted by molar-refractivity contribution is 7.10. The summed E-state index contributed by atoms with van der Waals surface area (Å²) in [5.41, 5.74) is 5.44. The van der Waals surface area contributed by atoms with Crippen molar-refractivity contribution in [1.82, 2.24) is 14.6 Å². The number of nitrogens with one attached hydrogen (secondary N) is 1. The number of aromatic nitrogens is 3. The van der Waals surface area contributed by atoms with Gasteiger partial charge in [-0.15, -0.1) is 11.3 Å². The van der Waals surface area contributed by atoms with Crippen LogP contribution in [0.3, 0.4) is 0 Å². The summed E-state index contributed by atoms with van der Waals surface area (Å²) in [5, 5.41) is 7.38. The predicted octanol–water partition coefficient (Wildman–Crippen LogP) is 2.64. The number of amides is 1. The zero-order chi connectivity index (χ0) is 15.9. The van der Waals surface area contributed by atoms with E-state index in [-0.39, 0.29) is 22.7 Å². The highest BCUT2D eigenvalue weighted by Gasteiger charge is 2.35. The maximum atomic E-state index is 12.8. The topological polar surface area (TPSA) is 85.3 Å². The van der Waals surface area contributed by atoms with Crippen LogP contribution in [0.15, 0.2) is 29.9 Å². The van der Waals surface area contributed by atoms with E-state index in [4.69, 9.17) is 5.73 Å². The van der Waals surface area contributed by atoms with Crippen molar-refractivity contribution >= 4 is 34.4 Å². The van der Waals surface area contributed by atoms with Gasteiger partial charge in [0.25, 0.3) is 5.91 Å². The summed E-state index contributed by atoms with van der Waals surface area (Å²) >= 11 is 0.506. The zero-order valence-electron chi connectivity index (χ0n) is 10.8. The van der Waals surface area contributed by atoms with Gasteiger partial charge in [-0.1, -0.05) is 0 Å². The number of halogens is 3. The lowest BCUT2D eigenvalue weighted by molar-refractivity contribution is -0.133. The molecule has 3 rings (SSSR count).